The molecule has 0 aliphatic rings. The van der Waals surface area contributed by atoms with Crippen LogP contribution in [0.2, 0.25) is 0 Å². The molecular formula is C12H18O3. The molecule has 0 aromatic heterocycles. The Morgan fingerprint density at radius 1 is 1.27 bits per heavy atom. The number of hydrogen-bond donors (Lipinski definition) is 1. The van der Waals surface area contributed by atoms with Crippen molar-refractivity contribution in [1.82, 2.24) is 0 Å². The molecule has 84 valence electrons. The number of ether oxygens (including phenoxy) is 2. The average molecular weight is 210 g/mol. The third-order valence-electron chi connectivity index (χ3n) is 2.06. The van der Waals surface area contributed by atoms with Gasteiger partial charge in [-0.25, -0.2) is 0 Å². The molecule has 1 unspecified atom stereocenters. The van der Waals surface area contributed by atoms with Crippen LogP contribution in [0.4, 0.5) is 0 Å². The van der Waals surface area contributed by atoms with Crippen LogP contribution in [0.25, 0.3) is 0 Å². The van der Waals surface area contributed by atoms with Gasteiger partial charge in [0.05, 0.1) is 6.61 Å². The second-order valence-corrected chi connectivity index (χ2v) is 3.28. The van der Waals surface area contributed by atoms with Gasteiger partial charge in [-0.3, -0.25) is 0 Å². The van der Waals surface area contributed by atoms with Crippen LogP contribution in [0.15, 0.2) is 18.2 Å². The van der Waals surface area contributed by atoms with E-state index in [1.165, 1.54) is 0 Å². The third-order valence-corrected chi connectivity index (χ3v) is 2.06. The van der Waals surface area contributed by atoms with Gasteiger partial charge < -0.3 is 14.6 Å². The van der Waals surface area contributed by atoms with Gasteiger partial charge in [0.1, 0.15) is 5.75 Å². The number of aryl methyl sites for hydroxylation is 1. The lowest BCUT2D eigenvalue weighted by Crippen LogP contribution is -2.06. The molecule has 0 radical (unpaired) electrons. The minimum atomic E-state index is -0.905. The predicted molar refractivity (Wildman–Crippen MR) is 58.9 cm³/mol. The molecular weight excluding hydrogens is 192 g/mol. The summed E-state index contributed by atoms with van der Waals surface area (Å²) in [5.74, 6) is 0.693. The zero-order valence-corrected chi connectivity index (χ0v) is 9.49. The Morgan fingerprint density at radius 3 is 2.60 bits per heavy atom. The van der Waals surface area contributed by atoms with E-state index in [0.29, 0.717) is 24.5 Å². The average Bonchev–Trinajstić information content (AvgIpc) is 2.18. The highest BCUT2D eigenvalue weighted by molar-refractivity contribution is 5.37. The quantitative estimate of drug-likeness (QED) is 0.758. The highest BCUT2D eigenvalue weighted by atomic mass is 16.6. The summed E-state index contributed by atoms with van der Waals surface area (Å²) in [6, 6.07) is 5.67. The van der Waals surface area contributed by atoms with E-state index in [1.807, 2.05) is 39.0 Å². The third kappa shape index (κ3) is 3.22. The molecule has 1 aromatic rings. The van der Waals surface area contributed by atoms with E-state index in [2.05, 4.69) is 0 Å². The lowest BCUT2D eigenvalue weighted by atomic mass is 10.1. The molecule has 1 aromatic carbocycles. The summed E-state index contributed by atoms with van der Waals surface area (Å²) < 4.78 is 10.6. The first-order valence-corrected chi connectivity index (χ1v) is 5.22. The lowest BCUT2D eigenvalue weighted by molar-refractivity contribution is -0.0991. The molecule has 15 heavy (non-hydrogen) atoms. The van der Waals surface area contributed by atoms with Crippen LogP contribution < -0.4 is 4.74 Å². The van der Waals surface area contributed by atoms with E-state index >= 15 is 0 Å². The second kappa shape index (κ2) is 5.73. The summed E-state index contributed by atoms with van der Waals surface area (Å²) >= 11 is 0. The molecule has 0 saturated heterocycles. The van der Waals surface area contributed by atoms with Crippen molar-refractivity contribution in [3.63, 3.8) is 0 Å². The maximum atomic E-state index is 9.72. The Kier molecular flexibility index (Phi) is 4.59. The Bertz CT molecular complexity index is 310. The predicted octanol–water partition coefficient (Wildman–Crippen LogP) is 2.42. The molecule has 0 saturated carbocycles. The lowest BCUT2D eigenvalue weighted by Gasteiger charge is -2.15. The summed E-state index contributed by atoms with van der Waals surface area (Å²) in [5, 5.41) is 9.72. The SMILES string of the molecule is CCOc1cc(C)ccc1C(O)OCC. The van der Waals surface area contributed by atoms with Crippen molar-refractivity contribution in [2.45, 2.75) is 27.1 Å². The Hall–Kier alpha value is -1.06. The maximum absolute atomic E-state index is 9.72. The fraction of sp³-hybridized carbons (Fsp3) is 0.500. The summed E-state index contributed by atoms with van der Waals surface area (Å²) in [4.78, 5) is 0. The van der Waals surface area contributed by atoms with Crippen molar-refractivity contribution in [2.75, 3.05) is 13.2 Å². The van der Waals surface area contributed by atoms with Crippen LogP contribution in [0, 0.1) is 6.92 Å². The topological polar surface area (TPSA) is 38.7 Å². The Balaban J connectivity index is 2.93. The highest BCUT2D eigenvalue weighted by Gasteiger charge is 2.13. The van der Waals surface area contributed by atoms with Gasteiger partial charge >= 0.3 is 0 Å². The van der Waals surface area contributed by atoms with Gasteiger partial charge in [-0.2, -0.15) is 0 Å². The van der Waals surface area contributed by atoms with Crippen molar-refractivity contribution in [3.8, 4) is 5.75 Å². The van der Waals surface area contributed by atoms with Gasteiger partial charge in [0, 0.05) is 12.2 Å². The second-order valence-electron chi connectivity index (χ2n) is 3.28. The van der Waals surface area contributed by atoms with Gasteiger partial charge in [-0.15, -0.1) is 0 Å². The monoisotopic (exact) mass is 210 g/mol. The first-order valence-electron chi connectivity index (χ1n) is 5.22. The van der Waals surface area contributed by atoms with E-state index in [4.69, 9.17) is 9.47 Å². The molecule has 3 nitrogen and oxygen atoms in total. The largest absolute Gasteiger partial charge is 0.493 e. The molecule has 0 fully saturated rings. The van der Waals surface area contributed by atoms with Crippen LogP contribution in [-0.4, -0.2) is 18.3 Å². The zero-order chi connectivity index (χ0) is 11.3. The van der Waals surface area contributed by atoms with Gasteiger partial charge in [0.25, 0.3) is 0 Å². The van der Waals surface area contributed by atoms with E-state index < -0.39 is 6.29 Å². The first-order chi connectivity index (χ1) is 7.19. The van der Waals surface area contributed by atoms with Crippen molar-refractivity contribution in [2.24, 2.45) is 0 Å². The summed E-state index contributed by atoms with van der Waals surface area (Å²) in [6.45, 7) is 6.80. The van der Waals surface area contributed by atoms with E-state index in [0.717, 1.165) is 5.56 Å². The smallest absolute Gasteiger partial charge is 0.184 e. The molecule has 0 heterocycles. The summed E-state index contributed by atoms with van der Waals surface area (Å²) in [6.07, 6.45) is -0.905. The molecule has 3 heteroatoms. The molecule has 1 rings (SSSR count). The fourth-order valence-corrected chi connectivity index (χ4v) is 1.37. The van der Waals surface area contributed by atoms with Crippen molar-refractivity contribution >= 4 is 0 Å². The van der Waals surface area contributed by atoms with Gasteiger partial charge in [-0.1, -0.05) is 6.07 Å². The standard InChI is InChI=1S/C12H18O3/c1-4-14-11-8-9(3)6-7-10(11)12(13)15-5-2/h6-8,12-13H,4-5H2,1-3H3. The molecule has 0 amide bonds. The fourth-order valence-electron chi connectivity index (χ4n) is 1.37. The van der Waals surface area contributed by atoms with Crippen molar-refractivity contribution < 1.29 is 14.6 Å². The van der Waals surface area contributed by atoms with Crippen LogP contribution in [0.1, 0.15) is 31.3 Å². The Labute approximate surface area is 90.6 Å². The first kappa shape index (κ1) is 12.0. The van der Waals surface area contributed by atoms with Gasteiger partial charge in [-0.05, 0) is 38.5 Å². The van der Waals surface area contributed by atoms with Crippen LogP contribution in [0.3, 0.4) is 0 Å². The molecule has 1 atom stereocenters. The number of hydrogen-bond acceptors (Lipinski definition) is 3. The van der Waals surface area contributed by atoms with E-state index in [9.17, 15) is 5.11 Å². The van der Waals surface area contributed by atoms with Crippen LogP contribution >= 0.6 is 0 Å². The minimum Gasteiger partial charge on any atom is -0.493 e. The van der Waals surface area contributed by atoms with Gasteiger partial charge in [0.2, 0.25) is 0 Å². The van der Waals surface area contributed by atoms with Crippen molar-refractivity contribution in [3.05, 3.63) is 29.3 Å². The van der Waals surface area contributed by atoms with Crippen LogP contribution in [0.5, 0.6) is 5.75 Å². The van der Waals surface area contributed by atoms with Crippen LogP contribution in [-0.2, 0) is 4.74 Å². The molecule has 0 spiro atoms. The maximum Gasteiger partial charge on any atom is 0.184 e. The van der Waals surface area contributed by atoms with E-state index in [1.54, 1.807) is 0 Å². The molecule has 0 aliphatic heterocycles. The number of benzene rings is 1. The number of aliphatic hydroxyl groups is 1. The Morgan fingerprint density at radius 2 is 2.00 bits per heavy atom. The summed E-state index contributed by atoms with van der Waals surface area (Å²) in [5.41, 5.74) is 1.79. The number of aliphatic hydroxyl groups excluding tert-OH is 1. The normalized spacial score (nSPS) is 12.5. The highest BCUT2D eigenvalue weighted by Crippen LogP contribution is 2.27. The minimum absolute atomic E-state index is 0.473. The molecule has 1 N–H and O–H groups in total. The van der Waals surface area contributed by atoms with Crippen molar-refractivity contribution in [1.29, 1.82) is 0 Å². The number of rotatable bonds is 5. The van der Waals surface area contributed by atoms with Gasteiger partial charge in [0.15, 0.2) is 6.29 Å². The van der Waals surface area contributed by atoms with E-state index in [-0.39, 0.29) is 0 Å². The summed E-state index contributed by atoms with van der Waals surface area (Å²) in [7, 11) is 0. The molecule has 0 aliphatic carbocycles. The molecule has 0 bridgehead atoms. The zero-order valence-electron chi connectivity index (χ0n) is 9.49.